The van der Waals surface area contributed by atoms with Gasteiger partial charge in [-0.05, 0) is 55.7 Å². The maximum absolute atomic E-state index is 13.4. The summed E-state index contributed by atoms with van der Waals surface area (Å²) in [5, 5.41) is 20.5. The minimum atomic E-state index is -1.20. The maximum atomic E-state index is 13.4. The highest BCUT2D eigenvalue weighted by Crippen LogP contribution is 2.68. The Morgan fingerprint density at radius 1 is 1.23 bits per heavy atom. The van der Waals surface area contributed by atoms with Crippen LogP contribution in [0.2, 0.25) is 0 Å². The number of imide groups is 1. The van der Waals surface area contributed by atoms with E-state index in [2.05, 4.69) is 4.98 Å². The molecule has 1 aromatic heterocycles. The molecule has 2 aliphatic carbocycles. The molecule has 3 N–H and O–H groups in total. The molecule has 2 saturated carbocycles. The largest absolute Gasteiger partial charge is 0.504 e. The Bertz CT molecular complexity index is 1320. The number of carbonyl (C=O) groups is 3. The summed E-state index contributed by atoms with van der Waals surface area (Å²) in [6.07, 6.45) is 0.719. The van der Waals surface area contributed by atoms with Crippen molar-refractivity contribution < 1.29 is 29.3 Å². The Hall–Kier alpha value is -2.79. The zero-order valence-corrected chi connectivity index (χ0v) is 20.6. The number of H-pyrrole nitrogens is 1. The van der Waals surface area contributed by atoms with Crippen molar-refractivity contribution in [3.63, 3.8) is 0 Å². The molecule has 3 fully saturated rings. The molecule has 1 aromatic carbocycles. The molecule has 2 amide bonds. The first kappa shape index (κ1) is 22.7. The number of carboxylic acids is 1. The molecule has 8 atom stereocenters. The number of phenolic OH excluding ortho intramolecular Hbond substituents is 1. The predicted molar refractivity (Wildman–Crippen MR) is 127 cm³/mol. The number of ether oxygens (including phenoxy) is 1. The SMILES string of the molecule is CCOc1cc([C@@H]2c3sc(=O)[nH]c3S[C@@H]3[C@H]4C[C@@H]([C@@H]5C(=O)N([C@H](C)C(=O)O)C(=O)[C@H]45)[C@@H]23)ccc1O. The molecule has 4 aliphatic rings. The van der Waals surface area contributed by atoms with Crippen LogP contribution in [0.3, 0.4) is 0 Å². The van der Waals surface area contributed by atoms with Crippen molar-refractivity contribution in [2.24, 2.45) is 29.6 Å². The molecule has 2 aromatic rings. The Kier molecular flexibility index (Phi) is 5.09. The second kappa shape index (κ2) is 7.86. The topological polar surface area (TPSA) is 137 Å². The van der Waals surface area contributed by atoms with Gasteiger partial charge in [0.1, 0.15) is 6.04 Å². The zero-order valence-electron chi connectivity index (χ0n) is 19.0. The van der Waals surface area contributed by atoms with Crippen molar-refractivity contribution in [3.8, 4) is 11.5 Å². The lowest BCUT2D eigenvalue weighted by Crippen LogP contribution is -2.44. The molecule has 2 bridgehead atoms. The number of phenols is 1. The van der Waals surface area contributed by atoms with Gasteiger partial charge in [0.25, 0.3) is 0 Å². The van der Waals surface area contributed by atoms with E-state index in [4.69, 9.17) is 4.74 Å². The van der Waals surface area contributed by atoms with Crippen LogP contribution in [0, 0.1) is 29.6 Å². The fraction of sp³-hybridized carbons (Fsp3) is 0.500. The van der Waals surface area contributed by atoms with E-state index in [1.54, 1.807) is 23.9 Å². The number of benzene rings is 1. The van der Waals surface area contributed by atoms with Crippen LogP contribution in [-0.2, 0) is 14.4 Å². The quantitative estimate of drug-likeness (QED) is 0.516. The van der Waals surface area contributed by atoms with Gasteiger partial charge in [0, 0.05) is 16.0 Å². The first-order chi connectivity index (χ1) is 16.7. The van der Waals surface area contributed by atoms with E-state index in [0.29, 0.717) is 12.4 Å². The molecule has 3 heterocycles. The van der Waals surface area contributed by atoms with Gasteiger partial charge < -0.3 is 19.9 Å². The standard InChI is InChI=1S/C24H24N2O7S2/c1-3-33-13-6-9(4-5-12(13)27)14-15-10-7-11(18(15)34-20-19(14)35-24(32)25-20)17-16(10)21(28)26(22(17)29)8(2)23(30)31/h4-6,8,10-11,14-18,27H,3,7H2,1-2H3,(H,25,32)(H,30,31)/t8-,10-,11+,14+,15+,16+,17-,18-/m1/s1. The summed E-state index contributed by atoms with van der Waals surface area (Å²) in [5.74, 6) is -3.05. The third-order valence-electron chi connectivity index (χ3n) is 8.15. The molecule has 6 rings (SSSR count). The molecule has 0 spiro atoms. The second-order valence-electron chi connectivity index (χ2n) is 9.68. The molecule has 1 saturated heterocycles. The molecule has 11 heteroatoms. The number of aliphatic carboxylic acids is 1. The number of aromatic nitrogens is 1. The van der Waals surface area contributed by atoms with Crippen LogP contribution in [0.15, 0.2) is 28.0 Å². The van der Waals surface area contributed by atoms with E-state index < -0.39 is 29.8 Å². The number of hydrogen-bond acceptors (Lipinski definition) is 8. The summed E-state index contributed by atoms with van der Waals surface area (Å²) < 4.78 is 5.62. The number of amides is 2. The second-order valence-corrected chi connectivity index (χ2v) is 11.9. The van der Waals surface area contributed by atoms with E-state index in [-0.39, 0.29) is 45.5 Å². The van der Waals surface area contributed by atoms with Crippen molar-refractivity contribution >= 4 is 40.9 Å². The van der Waals surface area contributed by atoms with Crippen LogP contribution in [0.1, 0.15) is 36.6 Å². The van der Waals surface area contributed by atoms with Gasteiger partial charge in [-0.15, -0.1) is 11.8 Å². The van der Waals surface area contributed by atoms with Crippen molar-refractivity contribution in [1.82, 2.24) is 9.88 Å². The normalized spacial score (nSPS) is 33.4. The van der Waals surface area contributed by atoms with Crippen LogP contribution in [0.25, 0.3) is 0 Å². The van der Waals surface area contributed by atoms with E-state index in [1.807, 2.05) is 13.0 Å². The summed E-state index contributed by atoms with van der Waals surface area (Å²) in [5.41, 5.74) is 0.884. The monoisotopic (exact) mass is 516 g/mol. The van der Waals surface area contributed by atoms with Crippen LogP contribution < -0.4 is 9.61 Å². The highest BCUT2D eigenvalue weighted by atomic mass is 32.2. The van der Waals surface area contributed by atoms with E-state index >= 15 is 0 Å². The highest BCUT2D eigenvalue weighted by molar-refractivity contribution is 8.00. The molecule has 0 unspecified atom stereocenters. The van der Waals surface area contributed by atoms with E-state index in [9.17, 15) is 29.4 Å². The number of likely N-dealkylation sites (tertiary alicyclic amines) is 1. The number of thiazole rings is 1. The fourth-order valence-electron chi connectivity index (χ4n) is 6.90. The fourth-order valence-corrected chi connectivity index (χ4v) is 9.79. The Morgan fingerprint density at radius 3 is 2.63 bits per heavy atom. The number of nitrogens with one attached hydrogen (secondary N) is 1. The summed E-state index contributed by atoms with van der Waals surface area (Å²) in [4.78, 5) is 55.3. The lowest BCUT2D eigenvalue weighted by atomic mass is 9.68. The number of carbonyl (C=O) groups excluding carboxylic acids is 2. The average Bonchev–Trinajstić information content (AvgIpc) is 3.54. The summed E-state index contributed by atoms with van der Waals surface area (Å²) >= 11 is 2.73. The van der Waals surface area contributed by atoms with Gasteiger partial charge in [-0.3, -0.25) is 19.3 Å². The van der Waals surface area contributed by atoms with Gasteiger partial charge >= 0.3 is 10.8 Å². The number of aromatic amines is 1. The van der Waals surface area contributed by atoms with Gasteiger partial charge in [0.2, 0.25) is 11.8 Å². The van der Waals surface area contributed by atoms with Crippen molar-refractivity contribution in [1.29, 1.82) is 0 Å². The number of rotatable bonds is 5. The first-order valence-corrected chi connectivity index (χ1v) is 13.4. The molecular formula is C24H24N2O7S2. The van der Waals surface area contributed by atoms with Gasteiger partial charge in [-0.25, -0.2) is 4.79 Å². The predicted octanol–water partition coefficient (Wildman–Crippen LogP) is 2.49. The van der Waals surface area contributed by atoms with E-state index in [0.717, 1.165) is 38.1 Å². The first-order valence-electron chi connectivity index (χ1n) is 11.7. The molecule has 2 aliphatic heterocycles. The van der Waals surface area contributed by atoms with Crippen molar-refractivity contribution in [2.75, 3.05) is 6.61 Å². The Labute approximate surface area is 208 Å². The van der Waals surface area contributed by atoms with Crippen molar-refractivity contribution in [3.05, 3.63) is 38.3 Å². The molecule has 184 valence electrons. The minimum Gasteiger partial charge on any atom is -0.504 e. The highest BCUT2D eigenvalue weighted by Gasteiger charge is 2.70. The summed E-state index contributed by atoms with van der Waals surface area (Å²) in [6.45, 7) is 3.59. The number of nitrogens with zero attached hydrogens (tertiary/aromatic N) is 1. The number of aromatic hydroxyl groups is 1. The number of hydrogen-bond donors (Lipinski definition) is 3. The lowest BCUT2D eigenvalue weighted by molar-refractivity contribution is -0.154. The smallest absolute Gasteiger partial charge is 0.326 e. The third kappa shape index (κ3) is 3.07. The van der Waals surface area contributed by atoms with Crippen molar-refractivity contribution in [2.45, 2.75) is 42.5 Å². The Balaban J connectivity index is 1.45. The van der Waals surface area contributed by atoms with Crippen LogP contribution in [0.4, 0.5) is 0 Å². The maximum Gasteiger partial charge on any atom is 0.326 e. The number of fused-ring (bicyclic) bond motifs is 9. The Morgan fingerprint density at radius 2 is 1.94 bits per heavy atom. The van der Waals surface area contributed by atoms with Crippen LogP contribution in [0.5, 0.6) is 11.5 Å². The minimum absolute atomic E-state index is 0.00480. The summed E-state index contributed by atoms with van der Waals surface area (Å²) in [7, 11) is 0. The van der Waals surface area contributed by atoms with Gasteiger partial charge in [-0.1, -0.05) is 17.4 Å². The third-order valence-corrected chi connectivity index (χ3v) is 10.7. The molecule has 9 nitrogen and oxygen atoms in total. The van der Waals surface area contributed by atoms with Gasteiger partial charge in [0.15, 0.2) is 11.5 Å². The molecular weight excluding hydrogens is 492 g/mol. The molecule has 35 heavy (non-hydrogen) atoms. The number of carboxylic acid groups (broad SMARTS) is 1. The van der Waals surface area contributed by atoms with Gasteiger partial charge in [-0.2, -0.15) is 0 Å². The van der Waals surface area contributed by atoms with Crippen LogP contribution in [-0.4, -0.2) is 55.8 Å². The van der Waals surface area contributed by atoms with E-state index in [1.165, 1.54) is 6.92 Å². The van der Waals surface area contributed by atoms with Crippen LogP contribution >= 0.6 is 23.1 Å². The number of thioether (sulfide) groups is 1. The summed E-state index contributed by atoms with van der Waals surface area (Å²) in [6, 6.07) is 4.01. The lowest BCUT2D eigenvalue weighted by Gasteiger charge is -2.43. The van der Waals surface area contributed by atoms with Gasteiger partial charge in [0.05, 0.1) is 23.5 Å². The average molecular weight is 517 g/mol. The zero-order chi connectivity index (χ0) is 24.8. The molecule has 0 radical (unpaired) electrons.